The van der Waals surface area contributed by atoms with Crippen molar-refractivity contribution in [2.75, 3.05) is 0 Å². The molecule has 0 amide bonds. The molecule has 49 heavy (non-hydrogen) atoms. The summed E-state index contributed by atoms with van der Waals surface area (Å²) in [6.45, 7) is 9.10. The number of benzene rings is 3. The third-order valence-corrected chi connectivity index (χ3v) is 8.16. The van der Waals surface area contributed by atoms with Crippen LogP contribution in [0, 0.1) is 13.8 Å². The fourth-order valence-electron chi connectivity index (χ4n) is 5.65. The summed E-state index contributed by atoms with van der Waals surface area (Å²) in [4.78, 5) is 0. The van der Waals surface area contributed by atoms with Crippen LogP contribution in [0.1, 0.15) is 200 Å². The molecule has 0 saturated carbocycles. The number of rotatable bonds is 8. The molecule has 0 aliphatic heterocycles. The van der Waals surface area contributed by atoms with Crippen LogP contribution < -0.4 is 0 Å². The average Bonchev–Trinajstić information content (AvgIpc) is 3.40. The van der Waals surface area contributed by atoms with E-state index in [9.17, 15) is 0 Å². The molecule has 0 saturated heterocycles. The first-order valence-electron chi connectivity index (χ1n) is 12.5. The van der Waals surface area contributed by atoms with Crippen molar-refractivity contribution in [3.8, 4) is 22.3 Å². The summed E-state index contributed by atoms with van der Waals surface area (Å²) < 4.78 is 9.20. The largest absolute Gasteiger partial charge is 0.173 e. The molecule has 4 aromatic rings. The molecule has 0 spiro atoms. The minimum Gasteiger partial charge on any atom is -0.173 e. The summed E-state index contributed by atoms with van der Waals surface area (Å²) in [7, 11) is 0. The Bertz CT molecular complexity index is 1300. The second-order valence-electron chi connectivity index (χ2n) is 10.1. The minimum absolute atomic E-state index is 0. The van der Waals surface area contributed by atoms with Crippen LogP contribution in [0.15, 0.2) is 48.5 Å². The van der Waals surface area contributed by atoms with Gasteiger partial charge in [0.05, 0.1) is 11.7 Å². The van der Waals surface area contributed by atoms with Gasteiger partial charge in [-0.1, -0.05) is 219 Å². The molecule has 0 bridgehead atoms. The normalized spacial score (nSPS) is 11.3. The van der Waals surface area contributed by atoms with E-state index in [1.54, 1.807) is 0 Å². The number of aromatic nitrogens is 2. The molecule has 1 aromatic heterocycles. The van der Waals surface area contributed by atoms with Crippen molar-refractivity contribution >= 4 is 22.8 Å². The van der Waals surface area contributed by atoms with E-state index in [0.29, 0.717) is 0 Å². The Morgan fingerprint density at radius 2 is 0.959 bits per heavy atom. The number of fused-ring (bicyclic) bond motifs is 4. The predicted molar refractivity (Wildman–Crippen MR) is 250 cm³/mol. The van der Waals surface area contributed by atoms with Gasteiger partial charge in [-0.2, -0.15) is 8.75 Å². The maximum Gasteiger partial charge on any atom is 0.112 e. The van der Waals surface area contributed by atoms with Crippen LogP contribution in [0.4, 0.5) is 0 Å². The molecular formula is C46H98N2S. The lowest BCUT2D eigenvalue weighted by atomic mass is 9.75. The van der Waals surface area contributed by atoms with Gasteiger partial charge in [-0.05, 0) is 59.7 Å². The van der Waals surface area contributed by atoms with Crippen molar-refractivity contribution in [3.05, 3.63) is 70.8 Å². The summed E-state index contributed by atoms with van der Waals surface area (Å²) in [6.07, 6.45) is 9.21. The molecule has 0 fully saturated rings. The Balaban J connectivity index is -0.0000000856. The molecule has 298 valence electrons. The average molecular weight is 711 g/mol. The first kappa shape index (κ1) is 80.9. The Hall–Kier alpha value is -2.52. The fraction of sp³-hybridized carbons (Fsp3) is 0.609. The standard InChI is InChI=1S/C30H34N2S.16CH4/c1-5-6-7-8-9-10-17-30(4)26-18-20(2)11-14-24(26)25-16-13-22(19-27(25)30)23-15-12-21(3)28-29(23)32-33-31-28;;;;;;;;;;;;;;;;/h11-16,18-19H,5-10,17H2,1-4H3;16*1H4. The molecule has 1 heterocycles. The smallest absolute Gasteiger partial charge is 0.112 e. The van der Waals surface area contributed by atoms with Crippen molar-refractivity contribution in [1.82, 2.24) is 8.75 Å². The molecule has 3 aromatic carbocycles. The Labute approximate surface area is 320 Å². The zero-order chi connectivity index (χ0) is 23.0. The minimum atomic E-state index is 0. The maximum atomic E-state index is 4.65. The second kappa shape index (κ2) is 34.0. The highest BCUT2D eigenvalue weighted by molar-refractivity contribution is 7.00. The van der Waals surface area contributed by atoms with Gasteiger partial charge in [-0.25, -0.2) is 0 Å². The van der Waals surface area contributed by atoms with Gasteiger partial charge in [0.1, 0.15) is 11.0 Å². The highest BCUT2D eigenvalue weighted by Gasteiger charge is 2.39. The van der Waals surface area contributed by atoms with Gasteiger partial charge in [0.15, 0.2) is 0 Å². The van der Waals surface area contributed by atoms with Crippen LogP contribution in [0.25, 0.3) is 33.3 Å². The summed E-state index contributed by atoms with van der Waals surface area (Å²) in [5.74, 6) is 0. The molecular weight excluding hydrogens is 613 g/mol. The molecule has 5 rings (SSSR count). The fourth-order valence-corrected chi connectivity index (χ4v) is 6.27. The van der Waals surface area contributed by atoms with E-state index in [1.807, 2.05) is 0 Å². The summed E-state index contributed by atoms with van der Waals surface area (Å²) in [5.41, 5.74) is 12.9. The third-order valence-electron chi connectivity index (χ3n) is 7.63. The highest BCUT2D eigenvalue weighted by Crippen LogP contribution is 2.52. The van der Waals surface area contributed by atoms with Gasteiger partial charge in [0, 0.05) is 11.0 Å². The van der Waals surface area contributed by atoms with Crippen LogP contribution in [0.2, 0.25) is 0 Å². The van der Waals surface area contributed by atoms with Gasteiger partial charge in [0.25, 0.3) is 0 Å². The Kier molecular flexibility index (Phi) is 56.0. The van der Waals surface area contributed by atoms with Crippen molar-refractivity contribution in [2.24, 2.45) is 0 Å². The molecule has 1 atom stereocenters. The molecule has 1 unspecified atom stereocenters. The van der Waals surface area contributed by atoms with Crippen LogP contribution >= 0.6 is 11.7 Å². The number of hydrogen-bond donors (Lipinski definition) is 0. The number of hydrogen-bond acceptors (Lipinski definition) is 3. The summed E-state index contributed by atoms with van der Waals surface area (Å²) >= 11 is 1.31. The number of unbranched alkanes of at least 4 members (excludes halogenated alkanes) is 5. The van der Waals surface area contributed by atoms with E-state index in [1.165, 1.54) is 101 Å². The maximum absolute atomic E-state index is 4.65. The van der Waals surface area contributed by atoms with Gasteiger partial charge in [-0.3, -0.25) is 0 Å². The van der Waals surface area contributed by atoms with Gasteiger partial charge >= 0.3 is 0 Å². The summed E-state index contributed by atoms with van der Waals surface area (Å²) in [5, 5.41) is 0. The molecule has 1 aliphatic rings. The third kappa shape index (κ3) is 15.1. The van der Waals surface area contributed by atoms with E-state index in [0.717, 1.165) is 11.0 Å². The van der Waals surface area contributed by atoms with Crippen LogP contribution in [0.3, 0.4) is 0 Å². The highest BCUT2D eigenvalue weighted by atomic mass is 32.1. The van der Waals surface area contributed by atoms with Gasteiger partial charge in [0.2, 0.25) is 0 Å². The van der Waals surface area contributed by atoms with E-state index in [2.05, 4.69) is 85.0 Å². The first-order valence-corrected chi connectivity index (χ1v) is 13.2. The van der Waals surface area contributed by atoms with Crippen LogP contribution in [-0.4, -0.2) is 8.75 Å². The quantitative estimate of drug-likeness (QED) is 0.170. The predicted octanol–water partition coefficient (Wildman–Crippen LogP) is 19.2. The zero-order valence-electron chi connectivity index (χ0n) is 20.4. The lowest BCUT2D eigenvalue weighted by Crippen LogP contribution is -2.21. The van der Waals surface area contributed by atoms with E-state index in [-0.39, 0.29) is 124 Å². The molecule has 2 nitrogen and oxygen atoms in total. The topological polar surface area (TPSA) is 25.8 Å². The van der Waals surface area contributed by atoms with E-state index >= 15 is 0 Å². The Morgan fingerprint density at radius 3 is 1.51 bits per heavy atom. The first-order chi connectivity index (χ1) is 16.0. The van der Waals surface area contributed by atoms with E-state index < -0.39 is 0 Å². The summed E-state index contributed by atoms with van der Waals surface area (Å²) in [6, 6.07) is 18.5. The number of nitrogens with zero attached hydrogens (tertiary/aromatic N) is 2. The lowest BCUT2D eigenvalue weighted by Gasteiger charge is -2.28. The lowest BCUT2D eigenvalue weighted by molar-refractivity contribution is 0.480. The van der Waals surface area contributed by atoms with Crippen molar-refractivity contribution in [2.45, 2.75) is 197 Å². The van der Waals surface area contributed by atoms with Crippen LogP contribution in [0.5, 0.6) is 0 Å². The van der Waals surface area contributed by atoms with Gasteiger partial charge < -0.3 is 0 Å². The van der Waals surface area contributed by atoms with Crippen molar-refractivity contribution in [1.29, 1.82) is 0 Å². The van der Waals surface area contributed by atoms with E-state index in [4.69, 9.17) is 0 Å². The second-order valence-corrected chi connectivity index (χ2v) is 10.6. The zero-order valence-corrected chi connectivity index (χ0v) is 21.2. The van der Waals surface area contributed by atoms with Gasteiger partial charge in [-0.15, -0.1) is 0 Å². The monoisotopic (exact) mass is 711 g/mol. The van der Waals surface area contributed by atoms with Crippen molar-refractivity contribution < 1.29 is 0 Å². The van der Waals surface area contributed by atoms with Crippen molar-refractivity contribution in [3.63, 3.8) is 0 Å². The molecule has 0 radical (unpaired) electrons. The number of aryl methyl sites for hydroxylation is 2. The molecule has 3 heteroatoms. The Morgan fingerprint density at radius 1 is 0.510 bits per heavy atom. The SMILES string of the molecule is C.C.C.C.C.C.C.C.C.C.C.C.C.C.C.C.CCCCCCCCC1(C)c2cc(C)ccc2-c2ccc(-c3ccc(C)c4nsnc34)cc21. The van der Waals surface area contributed by atoms with Crippen LogP contribution in [-0.2, 0) is 5.41 Å². The molecule has 1 aliphatic carbocycles. The molecule has 0 N–H and O–H groups in total.